The summed E-state index contributed by atoms with van der Waals surface area (Å²) >= 11 is 0. The first-order chi connectivity index (χ1) is 15.5. The highest BCUT2D eigenvalue weighted by molar-refractivity contribution is 5.85. The molecule has 2 aromatic heterocycles. The number of pyridine rings is 1. The second-order valence-electron chi connectivity index (χ2n) is 7.83. The number of hydrogen-bond donors (Lipinski definition) is 1. The number of benzene rings is 2. The van der Waals surface area contributed by atoms with Crippen LogP contribution >= 0.6 is 0 Å². The smallest absolute Gasteiger partial charge is 0.196 e. The van der Waals surface area contributed by atoms with Gasteiger partial charge in [0, 0.05) is 42.1 Å². The van der Waals surface area contributed by atoms with Gasteiger partial charge in [-0.05, 0) is 17.2 Å². The fraction of sp³-hybridized carbons (Fsp3) is 0.231. The molecule has 0 unspecified atom stereocenters. The molecule has 0 amide bonds. The molecule has 164 valence electrons. The lowest BCUT2D eigenvalue weighted by Gasteiger charge is -2.14. The van der Waals surface area contributed by atoms with Gasteiger partial charge in [-0.1, -0.05) is 44.2 Å². The van der Waals surface area contributed by atoms with Crippen molar-refractivity contribution in [2.45, 2.75) is 39.6 Å². The van der Waals surface area contributed by atoms with Crippen LogP contribution in [0.5, 0.6) is 11.5 Å². The van der Waals surface area contributed by atoms with Crippen molar-refractivity contribution in [3.05, 3.63) is 99.7 Å². The van der Waals surface area contributed by atoms with Crippen LogP contribution in [-0.2, 0) is 19.8 Å². The summed E-state index contributed by atoms with van der Waals surface area (Å²) in [6.07, 6.45) is 3.44. The number of ether oxygens (including phenoxy) is 2. The molecule has 0 aliphatic rings. The van der Waals surface area contributed by atoms with Crippen LogP contribution in [0.25, 0.3) is 11.0 Å². The third-order valence-electron chi connectivity index (χ3n) is 5.16. The molecule has 0 aliphatic heterocycles. The van der Waals surface area contributed by atoms with Gasteiger partial charge in [-0.2, -0.15) is 0 Å². The van der Waals surface area contributed by atoms with E-state index in [0.717, 1.165) is 16.7 Å². The van der Waals surface area contributed by atoms with Crippen molar-refractivity contribution in [3.63, 3.8) is 0 Å². The van der Waals surface area contributed by atoms with Gasteiger partial charge in [0.15, 0.2) is 5.43 Å². The fourth-order valence-corrected chi connectivity index (χ4v) is 3.39. The monoisotopic (exact) mass is 431 g/mol. The molecule has 32 heavy (non-hydrogen) atoms. The third kappa shape index (κ3) is 4.81. The zero-order chi connectivity index (χ0) is 22.5. The van der Waals surface area contributed by atoms with Crippen LogP contribution in [0.1, 0.15) is 42.2 Å². The molecule has 4 rings (SSSR count). The number of fused-ring (bicyclic) bond motifs is 1. The maximum absolute atomic E-state index is 12.9. The quantitative estimate of drug-likeness (QED) is 0.425. The minimum atomic E-state index is -0.167. The lowest BCUT2D eigenvalue weighted by molar-refractivity contribution is 0.268. The van der Waals surface area contributed by atoms with Gasteiger partial charge < -0.3 is 19.0 Å². The zero-order valence-corrected chi connectivity index (χ0v) is 18.1. The highest BCUT2D eigenvalue weighted by atomic mass is 16.5. The molecule has 0 bridgehead atoms. The second kappa shape index (κ2) is 9.66. The Labute approximate surface area is 186 Å². The fourth-order valence-electron chi connectivity index (χ4n) is 3.39. The minimum Gasteiger partial charge on any atom is -0.489 e. The lowest BCUT2D eigenvalue weighted by Crippen LogP contribution is -2.08. The molecule has 0 saturated heterocycles. The number of rotatable bonds is 8. The molecule has 6 nitrogen and oxygen atoms in total. The molecule has 0 radical (unpaired) electrons. The Balaban J connectivity index is 1.71. The van der Waals surface area contributed by atoms with E-state index in [0.29, 0.717) is 34.8 Å². The van der Waals surface area contributed by atoms with Gasteiger partial charge in [-0.15, -0.1) is 0 Å². The van der Waals surface area contributed by atoms with Crippen molar-refractivity contribution < 1.29 is 19.0 Å². The van der Waals surface area contributed by atoms with Crippen LogP contribution < -0.4 is 14.9 Å². The zero-order valence-electron chi connectivity index (χ0n) is 18.1. The van der Waals surface area contributed by atoms with Gasteiger partial charge in [0.1, 0.15) is 41.4 Å². The van der Waals surface area contributed by atoms with Crippen LogP contribution in [0.2, 0.25) is 0 Å². The molecule has 4 aromatic rings. The second-order valence-corrected chi connectivity index (χ2v) is 7.83. The lowest BCUT2D eigenvalue weighted by atomic mass is 10.1. The van der Waals surface area contributed by atoms with Crippen molar-refractivity contribution in [1.82, 2.24) is 4.98 Å². The van der Waals surface area contributed by atoms with Gasteiger partial charge >= 0.3 is 0 Å². The van der Waals surface area contributed by atoms with Crippen molar-refractivity contribution >= 4 is 11.0 Å². The normalized spacial score (nSPS) is 11.1. The molecule has 2 heterocycles. The average molecular weight is 431 g/mol. The van der Waals surface area contributed by atoms with Crippen molar-refractivity contribution in [3.8, 4) is 11.5 Å². The van der Waals surface area contributed by atoms with Crippen molar-refractivity contribution in [1.29, 1.82) is 0 Å². The minimum absolute atomic E-state index is 0.0628. The molecular formula is C26H25NO5. The summed E-state index contributed by atoms with van der Waals surface area (Å²) in [6.45, 7) is 4.37. The maximum atomic E-state index is 12.9. The average Bonchev–Trinajstić information content (AvgIpc) is 2.81. The summed E-state index contributed by atoms with van der Waals surface area (Å²) in [5, 5.41) is 9.96. The number of aliphatic hydroxyl groups is 1. The predicted octanol–water partition coefficient (Wildman–Crippen LogP) is 4.96. The predicted molar refractivity (Wildman–Crippen MR) is 122 cm³/mol. The topological polar surface area (TPSA) is 81.8 Å². The van der Waals surface area contributed by atoms with Crippen LogP contribution in [0.3, 0.4) is 0 Å². The van der Waals surface area contributed by atoms with E-state index in [1.165, 1.54) is 6.07 Å². The number of aliphatic hydroxyl groups excluding tert-OH is 1. The third-order valence-corrected chi connectivity index (χ3v) is 5.16. The number of hydrogen-bond acceptors (Lipinski definition) is 6. The van der Waals surface area contributed by atoms with Crippen LogP contribution in [0, 0.1) is 0 Å². The highest BCUT2D eigenvalue weighted by Crippen LogP contribution is 2.32. The molecule has 2 aromatic carbocycles. The summed E-state index contributed by atoms with van der Waals surface area (Å²) < 4.78 is 18.0. The molecule has 0 spiro atoms. The Hall–Kier alpha value is -3.64. The van der Waals surface area contributed by atoms with Crippen molar-refractivity contribution in [2.24, 2.45) is 0 Å². The molecule has 0 fully saturated rings. The molecule has 6 heteroatoms. The summed E-state index contributed by atoms with van der Waals surface area (Å²) in [7, 11) is 0. The summed E-state index contributed by atoms with van der Waals surface area (Å²) in [5.74, 6) is 1.56. The van der Waals surface area contributed by atoms with E-state index in [9.17, 15) is 9.90 Å². The summed E-state index contributed by atoms with van der Waals surface area (Å²) in [6, 6.07) is 16.2. The Morgan fingerprint density at radius 2 is 1.81 bits per heavy atom. The van der Waals surface area contributed by atoms with Gasteiger partial charge in [-0.25, -0.2) is 0 Å². The van der Waals surface area contributed by atoms with Crippen molar-refractivity contribution in [2.75, 3.05) is 0 Å². The van der Waals surface area contributed by atoms with E-state index in [4.69, 9.17) is 13.9 Å². The molecule has 0 saturated carbocycles. The highest BCUT2D eigenvalue weighted by Gasteiger charge is 2.16. The molecular weight excluding hydrogens is 406 g/mol. The maximum Gasteiger partial charge on any atom is 0.196 e. The van der Waals surface area contributed by atoms with Gasteiger partial charge in [0.25, 0.3) is 0 Å². The summed E-state index contributed by atoms with van der Waals surface area (Å²) in [5.41, 5.74) is 2.78. The summed E-state index contributed by atoms with van der Waals surface area (Å²) in [4.78, 5) is 17.0. The Morgan fingerprint density at radius 3 is 2.53 bits per heavy atom. The number of aromatic nitrogens is 1. The standard InChI is InChI=1S/C26H25NO5/c1-17(2)23-12-22(29)26-24(31-16-20-8-4-3-7-19(20)14-28)10-21(11-25(26)32-23)30-15-18-6-5-9-27-13-18/h3-13,17,28H,14-16H2,1-2H3. The first kappa shape index (κ1) is 21.6. The Kier molecular flexibility index (Phi) is 6.52. The Bertz CT molecular complexity index is 1260. The first-order valence-corrected chi connectivity index (χ1v) is 10.5. The van der Waals surface area contributed by atoms with Gasteiger partial charge in [0.05, 0.1) is 6.61 Å². The van der Waals surface area contributed by atoms with E-state index < -0.39 is 0 Å². The van der Waals surface area contributed by atoms with Gasteiger partial charge in [0.2, 0.25) is 0 Å². The number of nitrogens with zero attached hydrogens (tertiary/aromatic N) is 1. The SMILES string of the molecule is CC(C)c1cc(=O)c2c(OCc3ccccc3CO)cc(OCc3cccnc3)cc2o1. The first-order valence-electron chi connectivity index (χ1n) is 10.5. The van der Waals surface area contributed by atoms with E-state index in [1.54, 1.807) is 24.5 Å². The van der Waals surface area contributed by atoms with Crippen LogP contribution in [0.4, 0.5) is 0 Å². The Morgan fingerprint density at radius 1 is 1.00 bits per heavy atom. The largest absolute Gasteiger partial charge is 0.489 e. The van der Waals surface area contributed by atoms with E-state index >= 15 is 0 Å². The van der Waals surface area contributed by atoms with Crippen LogP contribution in [0.15, 0.2) is 76.2 Å². The molecule has 0 aliphatic carbocycles. The van der Waals surface area contributed by atoms with Gasteiger partial charge in [-0.3, -0.25) is 9.78 Å². The van der Waals surface area contributed by atoms with E-state index in [1.807, 2.05) is 50.2 Å². The van der Waals surface area contributed by atoms with E-state index in [-0.39, 0.29) is 24.6 Å². The van der Waals surface area contributed by atoms with E-state index in [2.05, 4.69) is 4.98 Å². The molecule has 1 N–H and O–H groups in total. The van der Waals surface area contributed by atoms with Crippen LogP contribution in [-0.4, -0.2) is 10.1 Å². The molecule has 0 atom stereocenters.